The van der Waals surface area contributed by atoms with Crippen molar-refractivity contribution in [2.24, 2.45) is 0 Å². The maximum atomic E-state index is 12.2. The maximum absolute atomic E-state index is 12.2. The average molecular weight is 357 g/mol. The van der Waals surface area contributed by atoms with Gasteiger partial charge in [0.2, 0.25) is 5.91 Å². The lowest BCUT2D eigenvalue weighted by atomic mass is 10.0. The number of nitrogens with one attached hydrogen (secondary N) is 1. The molecule has 0 atom stereocenters. The van der Waals surface area contributed by atoms with Crippen LogP contribution in [0.5, 0.6) is 0 Å². The summed E-state index contributed by atoms with van der Waals surface area (Å²) in [5.74, 6) is -0.242. The molecule has 0 saturated carbocycles. The van der Waals surface area contributed by atoms with E-state index in [1.165, 1.54) is 30.1 Å². The number of anilines is 1. The Morgan fingerprint density at radius 1 is 1.16 bits per heavy atom. The van der Waals surface area contributed by atoms with Gasteiger partial charge in [0.1, 0.15) is 5.00 Å². The molecule has 0 saturated heterocycles. The van der Waals surface area contributed by atoms with Crippen LogP contribution in [0, 0.1) is 13.8 Å². The number of rotatable bonds is 5. The zero-order valence-corrected chi connectivity index (χ0v) is 16.0. The van der Waals surface area contributed by atoms with Gasteiger partial charge < -0.3 is 10.1 Å². The van der Waals surface area contributed by atoms with Gasteiger partial charge in [-0.15, -0.1) is 11.3 Å². The first-order valence-corrected chi connectivity index (χ1v) is 8.92. The van der Waals surface area contributed by atoms with Gasteiger partial charge in [-0.25, -0.2) is 4.79 Å². The fraction of sp³-hybridized carbons (Fsp3) is 0.300. The standard InChI is InChI=1S/C20H23NO3S/c1-12(2)16-9-6-15(7-10-16)8-11-17(22)21-19-18(20(23)24-5)13(3)14(4)25-19/h6-12H,1-5H3,(H,21,22)/b11-8+. The predicted molar refractivity (Wildman–Crippen MR) is 103 cm³/mol. The van der Waals surface area contributed by atoms with Crippen molar-refractivity contribution in [3.8, 4) is 0 Å². The zero-order valence-electron chi connectivity index (χ0n) is 15.2. The van der Waals surface area contributed by atoms with E-state index in [0.717, 1.165) is 16.0 Å². The Bertz CT molecular complexity index is 801. The summed E-state index contributed by atoms with van der Waals surface area (Å²) in [6.45, 7) is 8.04. The highest BCUT2D eigenvalue weighted by molar-refractivity contribution is 7.16. The van der Waals surface area contributed by atoms with Crippen LogP contribution in [0.25, 0.3) is 6.08 Å². The summed E-state index contributed by atoms with van der Waals surface area (Å²) in [7, 11) is 1.33. The summed E-state index contributed by atoms with van der Waals surface area (Å²) in [6.07, 6.45) is 3.22. The van der Waals surface area contributed by atoms with E-state index in [2.05, 4.69) is 31.3 Å². The van der Waals surface area contributed by atoms with E-state index < -0.39 is 5.97 Å². The second-order valence-electron chi connectivity index (χ2n) is 6.12. The maximum Gasteiger partial charge on any atom is 0.341 e. The van der Waals surface area contributed by atoms with Gasteiger partial charge in [-0.2, -0.15) is 0 Å². The van der Waals surface area contributed by atoms with Crippen molar-refractivity contribution in [2.75, 3.05) is 12.4 Å². The minimum absolute atomic E-state index is 0.278. The van der Waals surface area contributed by atoms with Gasteiger partial charge in [0.15, 0.2) is 0 Å². The monoisotopic (exact) mass is 357 g/mol. The largest absolute Gasteiger partial charge is 0.465 e. The molecule has 25 heavy (non-hydrogen) atoms. The van der Waals surface area contributed by atoms with E-state index in [9.17, 15) is 9.59 Å². The molecule has 132 valence electrons. The number of methoxy groups -OCH3 is 1. The minimum Gasteiger partial charge on any atom is -0.465 e. The molecule has 1 heterocycles. The van der Waals surface area contributed by atoms with Crippen molar-refractivity contribution >= 4 is 34.3 Å². The lowest BCUT2D eigenvalue weighted by Crippen LogP contribution is -2.11. The van der Waals surface area contributed by atoms with Crippen molar-refractivity contribution in [2.45, 2.75) is 33.6 Å². The van der Waals surface area contributed by atoms with Crippen LogP contribution in [0.4, 0.5) is 5.00 Å². The van der Waals surface area contributed by atoms with Crippen molar-refractivity contribution < 1.29 is 14.3 Å². The van der Waals surface area contributed by atoms with Gasteiger partial charge in [-0.1, -0.05) is 38.1 Å². The van der Waals surface area contributed by atoms with Crippen LogP contribution in [0.3, 0.4) is 0 Å². The summed E-state index contributed by atoms with van der Waals surface area (Å²) in [4.78, 5) is 25.1. The summed E-state index contributed by atoms with van der Waals surface area (Å²) in [5.41, 5.74) is 3.47. The van der Waals surface area contributed by atoms with E-state index in [-0.39, 0.29) is 5.91 Å². The molecular weight excluding hydrogens is 334 g/mol. The highest BCUT2D eigenvalue weighted by atomic mass is 32.1. The highest BCUT2D eigenvalue weighted by Gasteiger charge is 2.20. The Kier molecular flexibility index (Phi) is 6.15. The number of hydrogen-bond acceptors (Lipinski definition) is 4. The van der Waals surface area contributed by atoms with E-state index in [0.29, 0.717) is 16.5 Å². The molecule has 0 unspecified atom stereocenters. The molecular formula is C20H23NO3S. The number of hydrogen-bond donors (Lipinski definition) is 1. The summed E-state index contributed by atoms with van der Waals surface area (Å²) < 4.78 is 4.81. The number of esters is 1. The molecule has 4 nitrogen and oxygen atoms in total. The van der Waals surface area contributed by atoms with E-state index in [1.54, 1.807) is 6.08 Å². The lowest BCUT2D eigenvalue weighted by molar-refractivity contribution is -0.111. The average Bonchev–Trinajstić information content (AvgIpc) is 2.86. The molecule has 0 fully saturated rings. The molecule has 1 aromatic carbocycles. The van der Waals surface area contributed by atoms with E-state index in [1.807, 2.05) is 26.0 Å². The zero-order chi connectivity index (χ0) is 18.6. The Morgan fingerprint density at radius 2 is 1.80 bits per heavy atom. The second kappa shape index (κ2) is 8.12. The van der Waals surface area contributed by atoms with Gasteiger partial charge in [0.25, 0.3) is 0 Å². The number of carbonyl (C=O) groups is 2. The Morgan fingerprint density at radius 3 is 2.36 bits per heavy atom. The number of carbonyl (C=O) groups excluding carboxylic acids is 2. The molecule has 5 heteroatoms. The molecule has 0 aliphatic carbocycles. The van der Waals surface area contributed by atoms with Crippen molar-refractivity contribution in [1.29, 1.82) is 0 Å². The fourth-order valence-corrected chi connectivity index (χ4v) is 3.43. The van der Waals surface area contributed by atoms with Gasteiger partial charge in [-0.3, -0.25) is 4.79 Å². The molecule has 1 amide bonds. The van der Waals surface area contributed by atoms with Crippen molar-refractivity contribution in [3.05, 3.63) is 57.5 Å². The molecule has 2 aromatic rings. The summed E-state index contributed by atoms with van der Waals surface area (Å²) in [6, 6.07) is 8.09. The van der Waals surface area contributed by atoms with Crippen LogP contribution in [0.15, 0.2) is 30.3 Å². The van der Waals surface area contributed by atoms with Crippen LogP contribution in [-0.4, -0.2) is 19.0 Å². The number of aryl methyl sites for hydroxylation is 1. The number of ether oxygens (including phenoxy) is 1. The quantitative estimate of drug-likeness (QED) is 0.610. The van der Waals surface area contributed by atoms with Gasteiger partial charge >= 0.3 is 5.97 Å². The summed E-state index contributed by atoms with van der Waals surface area (Å²) in [5, 5.41) is 3.30. The first kappa shape index (κ1) is 18.9. The third kappa shape index (κ3) is 4.57. The molecule has 1 N–H and O–H groups in total. The smallest absolute Gasteiger partial charge is 0.341 e. The van der Waals surface area contributed by atoms with Crippen molar-refractivity contribution in [3.63, 3.8) is 0 Å². The number of thiophene rings is 1. The van der Waals surface area contributed by atoms with Gasteiger partial charge in [0, 0.05) is 11.0 Å². The SMILES string of the molecule is COC(=O)c1c(NC(=O)/C=C/c2ccc(C(C)C)cc2)sc(C)c1C. The Labute approximate surface area is 152 Å². The molecule has 0 aliphatic heterocycles. The molecule has 0 radical (unpaired) electrons. The van der Waals surface area contributed by atoms with Crippen LogP contribution < -0.4 is 5.32 Å². The molecule has 1 aromatic heterocycles. The minimum atomic E-state index is -0.439. The van der Waals surface area contributed by atoms with Crippen LogP contribution in [0.1, 0.15) is 51.7 Å². The molecule has 0 aliphatic rings. The topological polar surface area (TPSA) is 55.4 Å². The predicted octanol–water partition coefficient (Wildman–Crippen LogP) is 4.93. The molecule has 0 bridgehead atoms. The van der Waals surface area contributed by atoms with Gasteiger partial charge in [0.05, 0.1) is 12.7 Å². The van der Waals surface area contributed by atoms with Crippen LogP contribution in [0.2, 0.25) is 0 Å². The van der Waals surface area contributed by atoms with Crippen LogP contribution in [-0.2, 0) is 9.53 Å². The van der Waals surface area contributed by atoms with E-state index in [4.69, 9.17) is 4.74 Å². The number of amides is 1. The first-order chi connectivity index (χ1) is 11.8. The number of benzene rings is 1. The summed E-state index contributed by atoms with van der Waals surface area (Å²) >= 11 is 1.37. The molecule has 0 spiro atoms. The normalized spacial score (nSPS) is 11.1. The third-order valence-corrected chi connectivity index (χ3v) is 5.16. The van der Waals surface area contributed by atoms with Crippen LogP contribution >= 0.6 is 11.3 Å². The second-order valence-corrected chi connectivity index (χ2v) is 7.35. The highest BCUT2D eigenvalue weighted by Crippen LogP contribution is 2.32. The van der Waals surface area contributed by atoms with Crippen molar-refractivity contribution in [1.82, 2.24) is 0 Å². The Balaban J connectivity index is 2.12. The Hall–Kier alpha value is -2.40. The lowest BCUT2D eigenvalue weighted by Gasteiger charge is -2.05. The molecule has 2 rings (SSSR count). The van der Waals surface area contributed by atoms with E-state index >= 15 is 0 Å². The third-order valence-electron chi connectivity index (χ3n) is 4.04. The van der Waals surface area contributed by atoms with Gasteiger partial charge in [-0.05, 0) is 42.5 Å². The first-order valence-electron chi connectivity index (χ1n) is 8.10. The fourth-order valence-electron chi connectivity index (χ4n) is 2.38.